The standard InChI is InChI=1S/C51H41N/c1-50(2)44-24-22-35(29-40(44)42-32-47-41(31-46(42)50)38-18-7-9-20-45(38)51(47)26-11-4-12-27-51)36-23-25-49-43(30-36)39-19-8-10-21-48(39)52(49)37-17-13-16-34(28-37)33-14-5-3-6-15-33/h3,5-10,13-25,28-32H,4,11-12,26-27H2,1-2H3. The topological polar surface area (TPSA) is 4.93 Å². The van der Waals surface area contributed by atoms with Crippen LogP contribution in [0, 0.1) is 0 Å². The summed E-state index contributed by atoms with van der Waals surface area (Å²) in [7, 11) is 0. The summed E-state index contributed by atoms with van der Waals surface area (Å²) in [6.45, 7) is 4.85. The van der Waals surface area contributed by atoms with Crippen molar-refractivity contribution in [3.63, 3.8) is 0 Å². The lowest BCUT2D eigenvalue weighted by Gasteiger charge is -2.36. The summed E-state index contributed by atoms with van der Waals surface area (Å²) in [6.07, 6.45) is 6.50. The van der Waals surface area contributed by atoms with E-state index in [2.05, 4.69) is 170 Å². The number of aromatic nitrogens is 1. The number of rotatable bonds is 3. The molecule has 0 atom stereocenters. The van der Waals surface area contributed by atoms with Gasteiger partial charge in [0.1, 0.15) is 0 Å². The highest BCUT2D eigenvalue weighted by atomic mass is 15.0. The summed E-state index contributed by atoms with van der Waals surface area (Å²) in [6, 6.07) is 57.4. The third-order valence-electron chi connectivity index (χ3n) is 13.0. The van der Waals surface area contributed by atoms with E-state index in [1.54, 1.807) is 11.1 Å². The van der Waals surface area contributed by atoms with Crippen molar-refractivity contribution in [3.05, 3.63) is 174 Å². The van der Waals surface area contributed by atoms with Crippen molar-refractivity contribution in [2.75, 3.05) is 0 Å². The van der Waals surface area contributed by atoms with Gasteiger partial charge in [-0.3, -0.25) is 0 Å². The molecule has 1 saturated carbocycles. The molecule has 3 aliphatic rings. The van der Waals surface area contributed by atoms with Crippen LogP contribution in [0.5, 0.6) is 0 Å². The number of hydrogen-bond acceptors (Lipinski definition) is 0. The molecule has 1 heteroatoms. The molecule has 52 heavy (non-hydrogen) atoms. The molecular weight excluding hydrogens is 627 g/mol. The van der Waals surface area contributed by atoms with Crippen molar-refractivity contribution in [1.29, 1.82) is 0 Å². The monoisotopic (exact) mass is 667 g/mol. The number of benzene rings is 7. The number of nitrogens with zero attached hydrogens (tertiary/aromatic N) is 1. The van der Waals surface area contributed by atoms with Crippen LogP contribution in [0.3, 0.4) is 0 Å². The zero-order valence-electron chi connectivity index (χ0n) is 29.9. The van der Waals surface area contributed by atoms with Gasteiger partial charge in [-0.2, -0.15) is 0 Å². The predicted molar refractivity (Wildman–Crippen MR) is 219 cm³/mol. The van der Waals surface area contributed by atoms with Crippen LogP contribution in [0.25, 0.3) is 72.0 Å². The first-order valence-electron chi connectivity index (χ1n) is 19.1. The Balaban J connectivity index is 1.06. The summed E-state index contributed by atoms with van der Waals surface area (Å²) in [5.41, 5.74) is 20.6. The molecule has 1 spiro atoms. The van der Waals surface area contributed by atoms with Crippen LogP contribution in [0.15, 0.2) is 152 Å². The Kier molecular flexibility index (Phi) is 6.30. The highest BCUT2D eigenvalue weighted by Gasteiger charge is 2.46. The number of fused-ring (bicyclic) bond motifs is 11. The Labute approximate surface area is 306 Å². The molecule has 1 aromatic heterocycles. The maximum absolute atomic E-state index is 2.63. The molecule has 11 rings (SSSR count). The molecule has 8 aromatic rings. The van der Waals surface area contributed by atoms with Gasteiger partial charge in [-0.25, -0.2) is 0 Å². The van der Waals surface area contributed by atoms with E-state index in [0.29, 0.717) is 0 Å². The van der Waals surface area contributed by atoms with Crippen molar-refractivity contribution >= 4 is 21.8 Å². The Bertz CT molecular complexity index is 2730. The number of para-hydroxylation sites is 1. The van der Waals surface area contributed by atoms with E-state index in [9.17, 15) is 0 Å². The van der Waals surface area contributed by atoms with Crippen LogP contribution in [0.1, 0.15) is 68.2 Å². The van der Waals surface area contributed by atoms with Gasteiger partial charge in [0.05, 0.1) is 11.0 Å². The summed E-state index contributed by atoms with van der Waals surface area (Å²) < 4.78 is 2.43. The minimum atomic E-state index is -0.0544. The van der Waals surface area contributed by atoms with E-state index < -0.39 is 0 Å². The molecule has 0 unspecified atom stereocenters. The van der Waals surface area contributed by atoms with E-state index >= 15 is 0 Å². The largest absolute Gasteiger partial charge is 0.309 e. The Morgan fingerprint density at radius 2 is 1.06 bits per heavy atom. The second kappa shape index (κ2) is 10.9. The van der Waals surface area contributed by atoms with Gasteiger partial charge in [0.15, 0.2) is 0 Å². The normalized spacial score (nSPS) is 16.2. The third kappa shape index (κ3) is 4.11. The third-order valence-corrected chi connectivity index (χ3v) is 13.0. The van der Waals surface area contributed by atoms with Crippen LogP contribution in [-0.4, -0.2) is 4.57 Å². The molecule has 1 fully saturated rings. The van der Waals surface area contributed by atoms with Crippen LogP contribution >= 0.6 is 0 Å². The molecule has 0 amide bonds. The van der Waals surface area contributed by atoms with Crippen molar-refractivity contribution in [2.45, 2.75) is 56.8 Å². The average molecular weight is 668 g/mol. The second-order valence-corrected chi connectivity index (χ2v) is 16.0. The van der Waals surface area contributed by atoms with Gasteiger partial charge in [0.2, 0.25) is 0 Å². The molecule has 250 valence electrons. The van der Waals surface area contributed by atoms with E-state index in [0.717, 1.165) is 0 Å². The highest BCUT2D eigenvalue weighted by molar-refractivity contribution is 6.10. The predicted octanol–water partition coefficient (Wildman–Crippen LogP) is 13.7. The van der Waals surface area contributed by atoms with E-state index in [-0.39, 0.29) is 10.8 Å². The molecule has 0 N–H and O–H groups in total. The minimum Gasteiger partial charge on any atom is -0.309 e. The first kappa shape index (κ1) is 30.0. The molecule has 0 aliphatic heterocycles. The molecule has 0 radical (unpaired) electrons. The summed E-state index contributed by atoms with van der Waals surface area (Å²) in [4.78, 5) is 0. The fourth-order valence-corrected chi connectivity index (χ4v) is 10.5. The number of hydrogen-bond donors (Lipinski definition) is 0. The first-order valence-corrected chi connectivity index (χ1v) is 19.1. The average Bonchev–Trinajstić information content (AvgIpc) is 3.75. The first-order chi connectivity index (χ1) is 25.5. The van der Waals surface area contributed by atoms with Gasteiger partial charge >= 0.3 is 0 Å². The maximum atomic E-state index is 2.63. The fourth-order valence-electron chi connectivity index (χ4n) is 10.5. The van der Waals surface area contributed by atoms with Gasteiger partial charge in [-0.05, 0) is 128 Å². The highest BCUT2D eigenvalue weighted by Crippen LogP contribution is 2.60. The van der Waals surface area contributed by atoms with Crippen molar-refractivity contribution in [3.8, 4) is 50.2 Å². The van der Waals surface area contributed by atoms with Gasteiger partial charge in [0, 0.05) is 27.3 Å². The Hall–Kier alpha value is -5.66. The molecule has 1 heterocycles. The van der Waals surface area contributed by atoms with Crippen LogP contribution < -0.4 is 0 Å². The zero-order valence-corrected chi connectivity index (χ0v) is 29.9. The summed E-state index contributed by atoms with van der Waals surface area (Å²) >= 11 is 0. The van der Waals surface area contributed by atoms with Gasteiger partial charge in [0.25, 0.3) is 0 Å². The van der Waals surface area contributed by atoms with E-state index in [1.165, 1.54) is 115 Å². The van der Waals surface area contributed by atoms with E-state index in [4.69, 9.17) is 0 Å². The molecule has 7 aromatic carbocycles. The molecule has 0 saturated heterocycles. The Morgan fingerprint density at radius 1 is 0.404 bits per heavy atom. The molecule has 3 aliphatic carbocycles. The SMILES string of the molecule is CC1(C)c2ccc(-c3ccc4c(c3)c3ccccc3n4-c3cccc(-c4ccccc4)c3)cc2-c2cc3c(cc21)-c1ccccc1C31CCCCC1. The van der Waals surface area contributed by atoms with Crippen molar-refractivity contribution in [1.82, 2.24) is 4.57 Å². The smallest absolute Gasteiger partial charge is 0.0541 e. The summed E-state index contributed by atoms with van der Waals surface area (Å²) in [5, 5.41) is 2.57. The summed E-state index contributed by atoms with van der Waals surface area (Å²) in [5.74, 6) is 0. The van der Waals surface area contributed by atoms with Gasteiger partial charge in [-0.1, -0.05) is 136 Å². The lowest BCUT2D eigenvalue weighted by Crippen LogP contribution is -2.28. The Morgan fingerprint density at radius 3 is 1.94 bits per heavy atom. The van der Waals surface area contributed by atoms with Crippen LogP contribution in [0.4, 0.5) is 0 Å². The minimum absolute atomic E-state index is 0.0544. The molecule has 1 nitrogen and oxygen atoms in total. The lowest BCUT2D eigenvalue weighted by atomic mass is 9.67. The lowest BCUT2D eigenvalue weighted by molar-refractivity contribution is 0.353. The second-order valence-electron chi connectivity index (χ2n) is 16.0. The van der Waals surface area contributed by atoms with Gasteiger partial charge < -0.3 is 4.57 Å². The molecule has 0 bridgehead atoms. The maximum Gasteiger partial charge on any atom is 0.0541 e. The van der Waals surface area contributed by atoms with Crippen LogP contribution in [-0.2, 0) is 10.8 Å². The fraction of sp³-hybridized carbons (Fsp3) is 0.176. The zero-order chi connectivity index (χ0) is 34.6. The van der Waals surface area contributed by atoms with Crippen LogP contribution in [0.2, 0.25) is 0 Å². The van der Waals surface area contributed by atoms with Crippen molar-refractivity contribution in [2.24, 2.45) is 0 Å². The quantitative estimate of drug-likeness (QED) is 0.177. The van der Waals surface area contributed by atoms with Crippen molar-refractivity contribution < 1.29 is 0 Å². The molecular formula is C51H41N. The van der Waals surface area contributed by atoms with E-state index in [1.807, 2.05) is 0 Å². The van der Waals surface area contributed by atoms with Gasteiger partial charge in [-0.15, -0.1) is 0 Å².